The van der Waals surface area contributed by atoms with Crippen LogP contribution in [-0.2, 0) is 31.8 Å². The molecule has 12 heteroatoms. The first-order valence-corrected chi connectivity index (χ1v) is 16.9. The van der Waals surface area contributed by atoms with Crippen molar-refractivity contribution in [3.8, 4) is 0 Å². The molecule has 1 atom stereocenters. The van der Waals surface area contributed by atoms with Gasteiger partial charge >= 0.3 is 24.4 Å². The van der Waals surface area contributed by atoms with Crippen molar-refractivity contribution in [1.82, 2.24) is 4.90 Å². The van der Waals surface area contributed by atoms with Gasteiger partial charge in [0.2, 0.25) is 5.91 Å². The van der Waals surface area contributed by atoms with Crippen LogP contribution in [0.25, 0.3) is 0 Å². The molecule has 1 N–H and O–H groups in total. The third-order valence-electron chi connectivity index (χ3n) is 8.75. The first-order chi connectivity index (χ1) is 22.8. The van der Waals surface area contributed by atoms with Crippen molar-refractivity contribution in [2.24, 2.45) is 5.92 Å². The molecule has 2 aromatic carbocycles. The number of benzene rings is 2. The highest BCUT2D eigenvalue weighted by Crippen LogP contribution is 2.41. The Labute approximate surface area is 278 Å². The van der Waals surface area contributed by atoms with Crippen molar-refractivity contribution < 1.29 is 45.5 Å². The van der Waals surface area contributed by atoms with Gasteiger partial charge in [-0.1, -0.05) is 102 Å². The van der Waals surface area contributed by atoms with E-state index in [0.717, 1.165) is 55.6 Å². The molecular formula is C36H46F6N2O4. The monoisotopic (exact) mass is 684 g/mol. The van der Waals surface area contributed by atoms with Gasteiger partial charge in [0.1, 0.15) is 0 Å². The number of halogens is 6. The highest BCUT2D eigenvalue weighted by molar-refractivity contribution is 6.32. The van der Waals surface area contributed by atoms with E-state index in [2.05, 4.69) is 17.0 Å². The Morgan fingerprint density at radius 1 is 0.792 bits per heavy atom. The first kappa shape index (κ1) is 38.9. The summed E-state index contributed by atoms with van der Waals surface area (Å²) in [5.74, 6) is -4.15. The SMILES string of the molecule is CCCCCCCCCCCCC(=O)Nc1ccc(CN(C(=O)C(=O)OC(F)(F)F)C(c2ccc(C(F)(F)F)cc2)C2CCCC2)cc1. The van der Waals surface area contributed by atoms with E-state index in [1.807, 2.05) is 0 Å². The van der Waals surface area contributed by atoms with E-state index in [9.17, 15) is 40.7 Å². The Bertz CT molecular complexity index is 1290. The fraction of sp³-hybridized carbons (Fsp3) is 0.583. The number of nitrogens with zero attached hydrogens (tertiary/aromatic N) is 1. The van der Waals surface area contributed by atoms with Crippen molar-refractivity contribution in [2.75, 3.05) is 5.32 Å². The van der Waals surface area contributed by atoms with Crippen molar-refractivity contribution in [3.05, 3.63) is 65.2 Å². The molecule has 0 aliphatic heterocycles. The predicted molar refractivity (Wildman–Crippen MR) is 170 cm³/mol. The number of unbranched alkanes of at least 4 members (excludes halogenated alkanes) is 9. The minimum atomic E-state index is -5.40. The molecule has 2 amide bonds. The average Bonchev–Trinajstić information content (AvgIpc) is 3.56. The van der Waals surface area contributed by atoms with Crippen LogP contribution >= 0.6 is 0 Å². The van der Waals surface area contributed by atoms with Crippen LogP contribution in [0.3, 0.4) is 0 Å². The lowest BCUT2D eigenvalue weighted by Crippen LogP contribution is -2.43. The largest absolute Gasteiger partial charge is 0.575 e. The van der Waals surface area contributed by atoms with Gasteiger partial charge in [-0.25, -0.2) is 4.79 Å². The fourth-order valence-corrected chi connectivity index (χ4v) is 6.30. The van der Waals surface area contributed by atoms with Gasteiger partial charge in [0, 0.05) is 18.7 Å². The molecule has 3 rings (SSSR count). The topological polar surface area (TPSA) is 75.7 Å². The van der Waals surface area contributed by atoms with Crippen molar-refractivity contribution in [2.45, 2.75) is 128 Å². The summed E-state index contributed by atoms with van der Waals surface area (Å²) in [4.78, 5) is 39.1. The Morgan fingerprint density at radius 2 is 1.33 bits per heavy atom. The van der Waals surface area contributed by atoms with Gasteiger partial charge in [-0.3, -0.25) is 9.59 Å². The van der Waals surface area contributed by atoms with Gasteiger partial charge in [0.25, 0.3) is 0 Å². The number of alkyl halides is 6. The van der Waals surface area contributed by atoms with E-state index in [1.165, 1.54) is 50.7 Å². The Hall–Kier alpha value is -3.57. The third kappa shape index (κ3) is 13.1. The van der Waals surface area contributed by atoms with Crippen LogP contribution in [-0.4, -0.2) is 29.0 Å². The maximum absolute atomic E-state index is 13.3. The number of carbonyl (C=O) groups is 3. The average molecular weight is 685 g/mol. The van der Waals surface area contributed by atoms with Gasteiger partial charge in [-0.2, -0.15) is 13.2 Å². The highest BCUT2D eigenvalue weighted by Gasteiger charge is 2.42. The van der Waals surface area contributed by atoms with E-state index in [-0.39, 0.29) is 23.9 Å². The van der Waals surface area contributed by atoms with Gasteiger partial charge in [-0.05, 0) is 60.6 Å². The minimum absolute atomic E-state index is 0.155. The smallest absolute Gasteiger partial charge is 0.366 e. The van der Waals surface area contributed by atoms with Crippen LogP contribution in [0.4, 0.5) is 32.0 Å². The number of esters is 1. The van der Waals surface area contributed by atoms with Gasteiger partial charge in [0.15, 0.2) is 0 Å². The maximum atomic E-state index is 13.3. The van der Waals surface area contributed by atoms with Crippen molar-refractivity contribution in [1.29, 1.82) is 0 Å². The van der Waals surface area contributed by atoms with Crippen LogP contribution in [0.5, 0.6) is 0 Å². The number of amides is 2. The second-order valence-corrected chi connectivity index (χ2v) is 12.6. The summed E-state index contributed by atoms with van der Waals surface area (Å²) in [6.07, 6.45) is 4.46. The number of rotatable bonds is 17. The summed E-state index contributed by atoms with van der Waals surface area (Å²) in [7, 11) is 0. The summed E-state index contributed by atoms with van der Waals surface area (Å²) >= 11 is 0. The normalized spacial score (nSPS) is 14.5. The maximum Gasteiger partial charge on any atom is 0.575 e. The van der Waals surface area contributed by atoms with Crippen molar-refractivity contribution in [3.63, 3.8) is 0 Å². The van der Waals surface area contributed by atoms with E-state index < -0.39 is 36.0 Å². The van der Waals surface area contributed by atoms with Gasteiger partial charge in [0.05, 0.1) is 11.6 Å². The van der Waals surface area contributed by atoms with E-state index in [0.29, 0.717) is 30.5 Å². The van der Waals surface area contributed by atoms with E-state index >= 15 is 0 Å². The molecular weight excluding hydrogens is 638 g/mol. The molecule has 1 aliphatic rings. The van der Waals surface area contributed by atoms with E-state index in [1.54, 1.807) is 24.3 Å². The molecule has 0 bridgehead atoms. The van der Waals surface area contributed by atoms with Crippen LogP contribution in [0, 0.1) is 5.92 Å². The Kier molecular flexibility index (Phi) is 15.3. The lowest BCUT2D eigenvalue weighted by Gasteiger charge is -2.36. The van der Waals surface area contributed by atoms with Crippen molar-refractivity contribution >= 4 is 23.5 Å². The van der Waals surface area contributed by atoms with Gasteiger partial charge < -0.3 is 15.0 Å². The zero-order chi connectivity index (χ0) is 35.2. The molecule has 0 aromatic heterocycles. The zero-order valence-electron chi connectivity index (χ0n) is 27.4. The lowest BCUT2D eigenvalue weighted by molar-refractivity contribution is -0.304. The number of carbonyl (C=O) groups excluding carboxylic acids is 3. The molecule has 0 heterocycles. The Morgan fingerprint density at radius 3 is 1.85 bits per heavy atom. The lowest BCUT2D eigenvalue weighted by atomic mass is 9.89. The summed E-state index contributed by atoms with van der Waals surface area (Å²) in [6.45, 7) is 1.88. The molecule has 48 heavy (non-hydrogen) atoms. The fourth-order valence-electron chi connectivity index (χ4n) is 6.30. The second kappa shape index (κ2) is 18.8. The summed E-state index contributed by atoms with van der Waals surface area (Å²) in [5, 5.41) is 2.82. The molecule has 1 fully saturated rings. The highest BCUT2D eigenvalue weighted by atomic mass is 19.4. The van der Waals surface area contributed by atoms with Crippen LogP contribution in [0.2, 0.25) is 0 Å². The summed E-state index contributed by atoms with van der Waals surface area (Å²) in [5.41, 5.74) is 0.265. The first-order valence-electron chi connectivity index (χ1n) is 16.9. The standard InChI is InChI=1S/C36H46F6N2O4/c1-2-3-4-5-6-7-8-9-10-11-16-31(45)43-30-23-17-26(18-24-30)25-44(33(46)34(47)48-36(40,41)42)32(27-14-12-13-15-27)28-19-21-29(22-20-28)35(37,38)39/h17-24,27,32H,2-16,25H2,1H3,(H,43,45). The predicted octanol–water partition coefficient (Wildman–Crippen LogP) is 10.3. The summed E-state index contributed by atoms with van der Waals surface area (Å²) in [6, 6.07) is 9.42. The number of anilines is 1. The molecule has 1 aliphatic carbocycles. The van der Waals surface area contributed by atoms with Gasteiger partial charge in [-0.15, -0.1) is 13.2 Å². The summed E-state index contributed by atoms with van der Waals surface area (Å²) < 4.78 is 82.0. The molecule has 0 spiro atoms. The number of hydrogen-bond acceptors (Lipinski definition) is 4. The van der Waals surface area contributed by atoms with Crippen LogP contribution in [0.15, 0.2) is 48.5 Å². The molecule has 0 saturated heterocycles. The molecule has 2 aromatic rings. The van der Waals surface area contributed by atoms with Crippen LogP contribution < -0.4 is 5.32 Å². The minimum Gasteiger partial charge on any atom is -0.366 e. The number of nitrogens with one attached hydrogen (secondary N) is 1. The Balaban J connectivity index is 1.68. The quantitative estimate of drug-likeness (QED) is 0.0779. The molecule has 266 valence electrons. The third-order valence-corrected chi connectivity index (χ3v) is 8.75. The molecule has 0 radical (unpaired) electrons. The molecule has 1 unspecified atom stereocenters. The zero-order valence-corrected chi connectivity index (χ0v) is 27.4. The molecule has 1 saturated carbocycles. The molecule has 6 nitrogen and oxygen atoms in total. The number of ether oxygens (including phenoxy) is 1. The van der Waals surface area contributed by atoms with E-state index in [4.69, 9.17) is 0 Å². The number of hydrogen-bond donors (Lipinski definition) is 1. The second-order valence-electron chi connectivity index (χ2n) is 12.6. The van der Waals surface area contributed by atoms with Crippen LogP contribution in [0.1, 0.15) is 126 Å².